The van der Waals surface area contributed by atoms with E-state index in [-0.39, 0.29) is 0 Å². The van der Waals surface area contributed by atoms with Gasteiger partial charge in [0, 0.05) is 30.5 Å². The first kappa shape index (κ1) is 21.0. The van der Waals surface area contributed by atoms with E-state index in [4.69, 9.17) is 17.3 Å². The SMILES string of the molecule is Cn1ccc(C(N)=O)n1.O=CN(CCC1CCCCC1)c1cccc(Cl)c1. The Hall–Kier alpha value is -2.34. The summed E-state index contributed by atoms with van der Waals surface area (Å²) in [6, 6.07) is 9.06. The molecule has 1 heterocycles. The van der Waals surface area contributed by atoms with Crippen molar-refractivity contribution in [3.8, 4) is 0 Å². The van der Waals surface area contributed by atoms with Crippen LogP contribution in [0.1, 0.15) is 49.0 Å². The van der Waals surface area contributed by atoms with Gasteiger partial charge in [-0.3, -0.25) is 14.3 Å². The Labute approximate surface area is 165 Å². The number of nitrogens with two attached hydrogens (primary N) is 1. The highest BCUT2D eigenvalue weighted by Crippen LogP contribution is 2.27. The molecule has 1 fully saturated rings. The number of halogens is 1. The average Bonchev–Trinajstić information content (AvgIpc) is 3.11. The molecule has 0 unspecified atom stereocenters. The summed E-state index contributed by atoms with van der Waals surface area (Å²) in [5.41, 5.74) is 6.11. The standard InChI is InChI=1S/C15H20ClNO.C5H7N3O/c16-14-7-4-8-15(11-14)17(12-18)10-9-13-5-2-1-3-6-13;1-8-3-2-4(7-8)5(6)9/h4,7-8,11-13H,1-3,5-6,9-10H2;2-3H,1H3,(H2,6,9). The number of aryl methyl sites for hydroxylation is 1. The molecule has 2 aromatic rings. The van der Waals surface area contributed by atoms with Crippen molar-refractivity contribution in [1.29, 1.82) is 0 Å². The summed E-state index contributed by atoms with van der Waals surface area (Å²) in [5.74, 6) is 0.302. The molecule has 2 N–H and O–H groups in total. The predicted molar refractivity (Wildman–Crippen MR) is 108 cm³/mol. The van der Waals surface area contributed by atoms with Gasteiger partial charge in [-0.05, 0) is 36.6 Å². The molecule has 2 amide bonds. The van der Waals surface area contributed by atoms with Crippen LogP contribution in [0.15, 0.2) is 36.5 Å². The second-order valence-corrected chi connectivity index (χ2v) is 7.25. The first-order valence-electron chi connectivity index (χ1n) is 9.26. The van der Waals surface area contributed by atoms with E-state index in [0.29, 0.717) is 10.7 Å². The zero-order valence-electron chi connectivity index (χ0n) is 15.7. The molecule has 1 aliphatic rings. The van der Waals surface area contributed by atoms with Crippen molar-refractivity contribution in [2.75, 3.05) is 11.4 Å². The molecule has 3 rings (SSSR count). The van der Waals surface area contributed by atoms with Gasteiger partial charge in [-0.2, -0.15) is 5.10 Å². The minimum atomic E-state index is -0.490. The van der Waals surface area contributed by atoms with Gasteiger partial charge in [0.2, 0.25) is 6.41 Å². The predicted octanol–water partition coefficient (Wildman–Crippen LogP) is 3.79. The third-order valence-electron chi connectivity index (χ3n) is 4.74. The molecule has 0 bridgehead atoms. The first-order valence-corrected chi connectivity index (χ1v) is 9.64. The third kappa shape index (κ3) is 7.06. The Morgan fingerprint density at radius 2 is 2.07 bits per heavy atom. The van der Waals surface area contributed by atoms with Crippen LogP contribution in [-0.2, 0) is 11.8 Å². The summed E-state index contributed by atoms with van der Waals surface area (Å²) in [6.07, 6.45) is 10.4. The lowest BCUT2D eigenvalue weighted by molar-refractivity contribution is -0.107. The molecule has 1 aliphatic carbocycles. The minimum Gasteiger partial charge on any atom is -0.364 e. The number of nitrogens with zero attached hydrogens (tertiary/aromatic N) is 3. The highest BCUT2D eigenvalue weighted by molar-refractivity contribution is 6.30. The van der Waals surface area contributed by atoms with E-state index < -0.39 is 5.91 Å². The van der Waals surface area contributed by atoms with Crippen molar-refractivity contribution in [3.05, 3.63) is 47.2 Å². The molecule has 1 aromatic carbocycles. The monoisotopic (exact) mass is 390 g/mol. The van der Waals surface area contributed by atoms with Gasteiger partial charge >= 0.3 is 0 Å². The van der Waals surface area contributed by atoms with Crippen LogP contribution in [0.3, 0.4) is 0 Å². The second kappa shape index (κ2) is 10.7. The maximum atomic E-state index is 11.2. The van der Waals surface area contributed by atoms with Crippen molar-refractivity contribution in [2.45, 2.75) is 38.5 Å². The van der Waals surface area contributed by atoms with E-state index in [1.807, 2.05) is 24.3 Å². The van der Waals surface area contributed by atoms with Gasteiger partial charge in [0.15, 0.2) is 0 Å². The quantitative estimate of drug-likeness (QED) is 0.762. The Kier molecular flexibility index (Phi) is 8.33. The van der Waals surface area contributed by atoms with Gasteiger partial charge in [-0.1, -0.05) is 49.8 Å². The molecule has 1 aromatic heterocycles. The van der Waals surface area contributed by atoms with Crippen molar-refractivity contribution in [1.82, 2.24) is 9.78 Å². The average molecular weight is 391 g/mol. The second-order valence-electron chi connectivity index (χ2n) is 6.81. The maximum absolute atomic E-state index is 11.2. The molecule has 0 atom stereocenters. The van der Waals surface area contributed by atoms with E-state index in [1.165, 1.54) is 36.8 Å². The van der Waals surface area contributed by atoms with E-state index >= 15 is 0 Å². The Morgan fingerprint density at radius 1 is 1.33 bits per heavy atom. The summed E-state index contributed by atoms with van der Waals surface area (Å²) < 4.78 is 1.53. The molecule has 0 radical (unpaired) electrons. The van der Waals surface area contributed by atoms with Crippen LogP contribution in [0.5, 0.6) is 0 Å². The van der Waals surface area contributed by atoms with Crippen LogP contribution in [0.2, 0.25) is 5.02 Å². The number of carbonyl (C=O) groups excluding carboxylic acids is 2. The molecule has 0 aliphatic heterocycles. The van der Waals surface area contributed by atoms with Crippen molar-refractivity contribution in [2.24, 2.45) is 18.7 Å². The number of aromatic nitrogens is 2. The molecular formula is C20H27ClN4O2. The van der Waals surface area contributed by atoms with Crippen LogP contribution >= 0.6 is 11.6 Å². The molecule has 0 saturated heterocycles. The van der Waals surface area contributed by atoms with Crippen molar-refractivity contribution >= 4 is 29.6 Å². The normalized spacial score (nSPS) is 14.1. The van der Waals surface area contributed by atoms with Gasteiger partial charge < -0.3 is 10.6 Å². The molecule has 6 nitrogen and oxygen atoms in total. The summed E-state index contributed by atoms with van der Waals surface area (Å²) in [4.78, 5) is 23.3. The van der Waals surface area contributed by atoms with Crippen LogP contribution in [0.25, 0.3) is 0 Å². The number of hydrogen-bond donors (Lipinski definition) is 1. The topological polar surface area (TPSA) is 81.2 Å². The number of carbonyl (C=O) groups is 2. The van der Waals surface area contributed by atoms with Gasteiger partial charge in [-0.15, -0.1) is 0 Å². The fraction of sp³-hybridized carbons (Fsp3) is 0.450. The zero-order chi connectivity index (χ0) is 19.6. The summed E-state index contributed by atoms with van der Waals surface area (Å²) in [6.45, 7) is 0.800. The highest BCUT2D eigenvalue weighted by atomic mass is 35.5. The third-order valence-corrected chi connectivity index (χ3v) is 4.97. The van der Waals surface area contributed by atoms with Crippen molar-refractivity contribution < 1.29 is 9.59 Å². The lowest BCUT2D eigenvalue weighted by Gasteiger charge is -2.24. The van der Waals surface area contributed by atoms with E-state index in [1.54, 1.807) is 24.2 Å². The minimum absolute atomic E-state index is 0.303. The number of benzene rings is 1. The highest BCUT2D eigenvalue weighted by Gasteiger charge is 2.15. The van der Waals surface area contributed by atoms with Gasteiger partial charge in [0.25, 0.3) is 5.91 Å². The number of primary amides is 1. The lowest BCUT2D eigenvalue weighted by Crippen LogP contribution is -2.24. The lowest BCUT2D eigenvalue weighted by atomic mass is 9.87. The van der Waals surface area contributed by atoms with Crippen LogP contribution in [0, 0.1) is 5.92 Å². The van der Waals surface area contributed by atoms with Crippen LogP contribution in [0.4, 0.5) is 5.69 Å². The van der Waals surface area contributed by atoms with Crippen LogP contribution in [-0.4, -0.2) is 28.6 Å². The van der Waals surface area contributed by atoms with Gasteiger partial charge in [-0.25, -0.2) is 0 Å². The fourth-order valence-corrected chi connectivity index (χ4v) is 3.43. The Morgan fingerprint density at radius 3 is 2.59 bits per heavy atom. The molecule has 27 heavy (non-hydrogen) atoms. The zero-order valence-corrected chi connectivity index (χ0v) is 16.4. The van der Waals surface area contributed by atoms with Gasteiger partial charge in [0.05, 0.1) is 0 Å². The number of anilines is 1. The largest absolute Gasteiger partial charge is 0.364 e. The van der Waals surface area contributed by atoms with E-state index in [2.05, 4.69) is 5.10 Å². The fourth-order valence-electron chi connectivity index (χ4n) is 3.24. The van der Waals surface area contributed by atoms with E-state index in [9.17, 15) is 9.59 Å². The molecule has 146 valence electrons. The summed E-state index contributed by atoms with van der Waals surface area (Å²) in [5, 5.41) is 4.43. The summed E-state index contributed by atoms with van der Waals surface area (Å²) in [7, 11) is 1.73. The molecule has 7 heteroatoms. The molecule has 0 spiro atoms. The number of rotatable bonds is 6. The Balaban J connectivity index is 0.000000244. The van der Waals surface area contributed by atoms with Crippen molar-refractivity contribution in [3.63, 3.8) is 0 Å². The molecule has 1 saturated carbocycles. The Bertz CT molecular complexity index is 741. The van der Waals surface area contributed by atoms with Gasteiger partial charge in [0.1, 0.15) is 5.69 Å². The smallest absolute Gasteiger partial charge is 0.269 e. The first-order chi connectivity index (χ1) is 13.0. The summed E-state index contributed by atoms with van der Waals surface area (Å²) >= 11 is 5.95. The molecular weight excluding hydrogens is 364 g/mol. The van der Waals surface area contributed by atoms with E-state index in [0.717, 1.165) is 31.0 Å². The number of hydrogen-bond acceptors (Lipinski definition) is 3. The number of amides is 2. The van der Waals surface area contributed by atoms with Crippen LogP contribution < -0.4 is 10.6 Å². The maximum Gasteiger partial charge on any atom is 0.269 e.